The van der Waals surface area contributed by atoms with E-state index in [9.17, 15) is 18.0 Å². The molecule has 2 aromatic carbocycles. The molecule has 2 amide bonds. The van der Waals surface area contributed by atoms with Gasteiger partial charge in [0.25, 0.3) is 0 Å². The quantitative estimate of drug-likeness (QED) is 0.406. The lowest BCUT2D eigenvalue weighted by atomic mass is 10.1. The fraction of sp³-hybridized carbons (Fsp3) is 0.417. The molecule has 0 aliphatic rings. The summed E-state index contributed by atoms with van der Waals surface area (Å²) < 4.78 is 31.3. The van der Waals surface area contributed by atoms with Crippen LogP contribution in [-0.4, -0.2) is 57.6 Å². The first-order valence-electron chi connectivity index (χ1n) is 11.1. The molecule has 35 heavy (non-hydrogen) atoms. The lowest BCUT2D eigenvalue weighted by molar-refractivity contribution is -0.139. The van der Waals surface area contributed by atoms with Crippen molar-refractivity contribution in [3.8, 4) is 5.75 Å². The Morgan fingerprint density at radius 3 is 2.20 bits per heavy atom. The second-order valence-corrected chi connectivity index (χ2v) is 10.9. The Hall–Kier alpha value is -2.49. The number of carbonyl (C=O) groups excluding carboxylic acids is 2. The van der Waals surface area contributed by atoms with E-state index in [0.717, 1.165) is 29.0 Å². The van der Waals surface area contributed by atoms with E-state index in [1.807, 2.05) is 6.92 Å². The highest BCUT2D eigenvalue weighted by atomic mass is 35.5. The van der Waals surface area contributed by atoms with Crippen LogP contribution in [0.25, 0.3) is 0 Å². The first-order chi connectivity index (χ1) is 16.5. The minimum Gasteiger partial charge on any atom is -0.497 e. The van der Waals surface area contributed by atoms with Gasteiger partial charge >= 0.3 is 0 Å². The summed E-state index contributed by atoms with van der Waals surface area (Å²) in [6.45, 7) is 3.68. The second-order valence-electron chi connectivity index (χ2n) is 8.09. The van der Waals surface area contributed by atoms with Crippen molar-refractivity contribution in [2.75, 3.05) is 30.8 Å². The fourth-order valence-corrected chi connectivity index (χ4v) is 4.69. The molecule has 11 heteroatoms. The molecular weight excluding hydrogens is 513 g/mol. The SMILES string of the molecule is CCCCNC(=O)C(C)N(Cc1ccc(OC)cc1)C(=O)CN(c1cc(Cl)cc(Cl)c1)S(C)(=O)=O. The van der Waals surface area contributed by atoms with E-state index in [1.165, 1.54) is 23.1 Å². The molecule has 0 aliphatic carbocycles. The number of hydrogen-bond donors (Lipinski definition) is 1. The Morgan fingerprint density at radius 2 is 1.69 bits per heavy atom. The molecule has 0 heterocycles. The smallest absolute Gasteiger partial charge is 0.244 e. The number of ether oxygens (including phenoxy) is 1. The van der Waals surface area contributed by atoms with Crippen molar-refractivity contribution in [2.45, 2.75) is 39.3 Å². The molecule has 1 N–H and O–H groups in total. The van der Waals surface area contributed by atoms with Crippen LogP contribution in [0.15, 0.2) is 42.5 Å². The maximum Gasteiger partial charge on any atom is 0.244 e. The Labute approximate surface area is 217 Å². The van der Waals surface area contributed by atoms with Crippen LogP contribution in [0, 0.1) is 0 Å². The number of anilines is 1. The van der Waals surface area contributed by atoms with E-state index < -0.39 is 28.5 Å². The average molecular weight is 545 g/mol. The molecule has 1 atom stereocenters. The summed E-state index contributed by atoms with van der Waals surface area (Å²) in [4.78, 5) is 27.7. The molecule has 192 valence electrons. The van der Waals surface area contributed by atoms with Crippen molar-refractivity contribution in [1.29, 1.82) is 0 Å². The standard InChI is InChI=1S/C24H31Cl2N3O5S/c1-5-6-11-27-24(31)17(2)28(15-18-7-9-22(34-3)10-8-18)23(30)16-29(35(4,32)33)21-13-19(25)12-20(26)14-21/h7-10,12-14,17H,5-6,11,15-16H2,1-4H3,(H,27,31). The van der Waals surface area contributed by atoms with Crippen molar-refractivity contribution in [2.24, 2.45) is 0 Å². The van der Waals surface area contributed by atoms with Gasteiger partial charge in [-0.3, -0.25) is 13.9 Å². The van der Waals surface area contributed by atoms with Gasteiger partial charge < -0.3 is 15.0 Å². The van der Waals surface area contributed by atoms with Gasteiger partial charge in [-0.15, -0.1) is 0 Å². The van der Waals surface area contributed by atoms with Gasteiger partial charge in [-0.05, 0) is 49.2 Å². The first kappa shape index (κ1) is 28.7. The summed E-state index contributed by atoms with van der Waals surface area (Å²) >= 11 is 12.1. The molecule has 0 aromatic heterocycles. The lowest BCUT2D eigenvalue weighted by Crippen LogP contribution is -2.51. The number of rotatable bonds is 12. The zero-order chi connectivity index (χ0) is 26.2. The van der Waals surface area contributed by atoms with E-state index in [1.54, 1.807) is 38.3 Å². The van der Waals surface area contributed by atoms with Crippen molar-refractivity contribution in [1.82, 2.24) is 10.2 Å². The van der Waals surface area contributed by atoms with Gasteiger partial charge in [0.05, 0.1) is 19.1 Å². The van der Waals surface area contributed by atoms with Crippen LogP contribution in [0.1, 0.15) is 32.3 Å². The van der Waals surface area contributed by atoms with Gasteiger partial charge in [0.2, 0.25) is 21.8 Å². The number of unbranched alkanes of at least 4 members (excludes halogenated alkanes) is 1. The van der Waals surface area contributed by atoms with Gasteiger partial charge in [-0.2, -0.15) is 0 Å². The van der Waals surface area contributed by atoms with Gasteiger partial charge in [0.15, 0.2) is 0 Å². The van der Waals surface area contributed by atoms with Crippen LogP contribution >= 0.6 is 23.2 Å². The van der Waals surface area contributed by atoms with Gasteiger partial charge in [0.1, 0.15) is 18.3 Å². The second kappa shape index (κ2) is 13.0. The number of amides is 2. The predicted molar refractivity (Wildman–Crippen MR) is 140 cm³/mol. The minimum atomic E-state index is -3.87. The molecule has 2 rings (SSSR count). The van der Waals surface area contributed by atoms with E-state index in [-0.39, 0.29) is 28.2 Å². The van der Waals surface area contributed by atoms with E-state index in [2.05, 4.69) is 5.32 Å². The number of halogens is 2. The van der Waals surface area contributed by atoms with E-state index in [4.69, 9.17) is 27.9 Å². The maximum atomic E-state index is 13.5. The molecule has 0 bridgehead atoms. The van der Waals surface area contributed by atoms with Crippen molar-refractivity contribution in [3.63, 3.8) is 0 Å². The number of carbonyl (C=O) groups is 2. The molecule has 0 spiro atoms. The number of sulfonamides is 1. The summed E-state index contributed by atoms with van der Waals surface area (Å²) in [5, 5.41) is 3.29. The highest BCUT2D eigenvalue weighted by molar-refractivity contribution is 7.92. The summed E-state index contributed by atoms with van der Waals surface area (Å²) in [7, 11) is -2.32. The summed E-state index contributed by atoms with van der Waals surface area (Å²) in [5.74, 6) is -0.226. The van der Waals surface area contributed by atoms with Crippen molar-refractivity contribution >= 4 is 50.7 Å². The van der Waals surface area contributed by atoms with Crippen molar-refractivity contribution < 1.29 is 22.7 Å². The number of benzene rings is 2. The number of nitrogens with one attached hydrogen (secondary N) is 1. The molecule has 1 unspecified atom stereocenters. The van der Waals surface area contributed by atoms with Gasteiger partial charge in [-0.25, -0.2) is 8.42 Å². The van der Waals surface area contributed by atoms with Crippen LogP contribution in [-0.2, 0) is 26.2 Å². The molecule has 0 saturated carbocycles. The molecule has 2 aromatic rings. The van der Waals surface area contributed by atoms with Crippen LogP contribution in [0.4, 0.5) is 5.69 Å². The maximum absolute atomic E-state index is 13.5. The monoisotopic (exact) mass is 543 g/mol. The number of methoxy groups -OCH3 is 1. The van der Waals surface area contributed by atoms with Crippen LogP contribution in [0.5, 0.6) is 5.75 Å². The third kappa shape index (κ3) is 8.59. The summed E-state index contributed by atoms with van der Waals surface area (Å²) in [6.07, 6.45) is 2.71. The van der Waals surface area contributed by atoms with Crippen molar-refractivity contribution in [3.05, 3.63) is 58.1 Å². The highest BCUT2D eigenvalue weighted by Gasteiger charge is 2.30. The average Bonchev–Trinajstić information content (AvgIpc) is 2.79. The largest absolute Gasteiger partial charge is 0.497 e. The highest BCUT2D eigenvalue weighted by Crippen LogP contribution is 2.27. The normalized spacial score (nSPS) is 12.1. The first-order valence-corrected chi connectivity index (χ1v) is 13.7. The zero-order valence-electron chi connectivity index (χ0n) is 20.3. The van der Waals surface area contributed by atoms with E-state index >= 15 is 0 Å². The van der Waals surface area contributed by atoms with Crippen LogP contribution in [0.3, 0.4) is 0 Å². The molecule has 0 saturated heterocycles. The fourth-order valence-electron chi connectivity index (χ4n) is 3.34. The Bertz CT molecular complexity index is 1110. The molecule has 0 aliphatic heterocycles. The summed E-state index contributed by atoms with van der Waals surface area (Å²) in [6, 6.07) is 10.5. The summed E-state index contributed by atoms with van der Waals surface area (Å²) in [5.41, 5.74) is 0.909. The number of nitrogens with zero attached hydrogens (tertiary/aromatic N) is 2. The molecule has 8 nitrogen and oxygen atoms in total. The molecular formula is C24H31Cl2N3O5S. The topological polar surface area (TPSA) is 96.0 Å². The van der Waals surface area contributed by atoms with Gasteiger partial charge in [0, 0.05) is 23.1 Å². The molecule has 0 fully saturated rings. The van der Waals surface area contributed by atoms with Crippen LogP contribution < -0.4 is 14.4 Å². The lowest BCUT2D eigenvalue weighted by Gasteiger charge is -2.31. The molecule has 0 radical (unpaired) electrons. The van der Waals surface area contributed by atoms with E-state index in [0.29, 0.717) is 12.3 Å². The third-order valence-corrected chi connectivity index (χ3v) is 6.90. The Kier molecular flexibility index (Phi) is 10.7. The number of hydrogen-bond acceptors (Lipinski definition) is 5. The third-order valence-electron chi connectivity index (χ3n) is 5.32. The Balaban J connectivity index is 2.37. The Morgan fingerprint density at radius 1 is 1.09 bits per heavy atom. The van der Waals surface area contributed by atoms with Gasteiger partial charge in [-0.1, -0.05) is 48.7 Å². The van der Waals surface area contributed by atoms with Crippen LogP contribution in [0.2, 0.25) is 10.0 Å². The predicted octanol–water partition coefficient (Wildman–Crippen LogP) is 4.10. The minimum absolute atomic E-state index is 0.0963. The zero-order valence-corrected chi connectivity index (χ0v) is 22.6.